The van der Waals surface area contributed by atoms with Crippen LogP contribution in [0.4, 0.5) is 11.5 Å². The van der Waals surface area contributed by atoms with Crippen LogP contribution < -0.4 is 15.5 Å². The van der Waals surface area contributed by atoms with E-state index in [1.54, 1.807) is 17.0 Å². The monoisotopic (exact) mass is 813 g/mol. The summed E-state index contributed by atoms with van der Waals surface area (Å²) < 4.78 is 5.56. The molecule has 6 heterocycles. The highest BCUT2D eigenvalue weighted by atomic mass is 16.5. The summed E-state index contributed by atoms with van der Waals surface area (Å²) in [4.78, 5) is 87.1. The SMILES string of the molecule is CO[C@@H](C(=O)N1Cc2[nH]nc(NC(=O)c3ccc(N4CCC(N5CCN(Cc6ccc7c(c6)C(=O)N(C6CCC(=O)NC6=O)C7=O)CC5)CC4)cc3)c2C1)c1ccccc1. The van der Waals surface area contributed by atoms with Crippen molar-refractivity contribution in [1.29, 1.82) is 0 Å². The first-order valence-electron chi connectivity index (χ1n) is 20.5. The van der Waals surface area contributed by atoms with Gasteiger partial charge in [0.2, 0.25) is 11.8 Å². The molecule has 1 unspecified atom stereocenters. The summed E-state index contributed by atoms with van der Waals surface area (Å²) >= 11 is 0. The van der Waals surface area contributed by atoms with Gasteiger partial charge in [-0.05, 0) is 66.8 Å². The summed E-state index contributed by atoms with van der Waals surface area (Å²) in [6.07, 6.45) is 1.58. The standard InChI is InChI=1S/C44H47N9O7/c1-60-38(28-5-3-2-4-6-28)44(59)52-25-34-35(26-52)47-48-39(34)46-40(55)29-8-10-30(11-9-29)50-17-15-31(16-18-50)51-21-19-49(20-22-51)24-27-7-12-32-33(23-27)43(58)53(42(32)57)36-13-14-37(54)45-41(36)56/h2-12,23,31,36,38H,13-22,24-26H2,1H3,(H,45,54,56)(H2,46,47,48,55)/t36?,38-/m1/s1. The number of nitrogens with zero attached hydrogens (tertiary/aromatic N) is 6. The number of imide groups is 2. The van der Waals surface area contributed by atoms with Gasteiger partial charge >= 0.3 is 0 Å². The molecule has 4 aromatic rings. The van der Waals surface area contributed by atoms with E-state index >= 15 is 0 Å². The van der Waals surface area contributed by atoms with Crippen LogP contribution in [-0.4, -0.2) is 124 Å². The Morgan fingerprint density at radius 1 is 0.850 bits per heavy atom. The first-order valence-corrected chi connectivity index (χ1v) is 20.5. The molecule has 16 heteroatoms. The highest BCUT2D eigenvalue weighted by molar-refractivity contribution is 6.23. The van der Waals surface area contributed by atoms with Gasteiger partial charge in [0.05, 0.1) is 29.9 Å². The Morgan fingerprint density at radius 2 is 1.58 bits per heavy atom. The van der Waals surface area contributed by atoms with Gasteiger partial charge in [0.15, 0.2) is 11.9 Å². The average molecular weight is 814 g/mol. The van der Waals surface area contributed by atoms with E-state index in [0.29, 0.717) is 48.2 Å². The van der Waals surface area contributed by atoms with E-state index < -0.39 is 35.8 Å². The molecular weight excluding hydrogens is 767 g/mol. The van der Waals surface area contributed by atoms with Gasteiger partial charge in [0.25, 0.3) is 23.6 Å². The minimum atomic E-state index is -0.974. The first-order chi connectivity index (χ1) is 29.1. The number of H-pyrrole nitrogens is 1. The highest BCUT2D eigenvalue weighted by Crippen LogP contribution is 2.32. The Bertz CT molecular complexity index is 2330. The summed E-state index contributed by atoms with van der Waals surface area (Å²) in [6, 6.07) is 21.9. The molecule has 0 radical (unpaired) electrons. The first kappa shape index (κ1) is 39.2. The quantitative estimate of drug-likeness (QED) is 0.200. The van der Waals surface area contributed by atoms with Crippen LogP contribution in [0, 0.1) is 0 Å². The Hall–Kier alpha value is -6.23. The maximum Gasteiger partial charge on any atom is 0.262 e. The van der Waals surface area contributed by atoms with Crippen LogP contribution in [-0.2, 0) is 38.8 Å². The number of piperidine rings is 2. The van der Waals surface area contributed by atoms with Crippen molar-refractivity contribution in [3.05, 3.63) is 112 Å². The summed E-state index contributed by atoms with van der Waals surface area (Å²) in [6.45, 7) is 6.80. The predicted molar refractivity (Wildman–Crippen MR) is 219 cm³/mol. The third kappa shape index (κ3) is 7.57. The fraction of sp³-hybridized carbons (Fsp3) is 0.386. The maximum atomic E-state index is 13.4. The second-order valence-corrected chi connectivity index (χ2v) is 16.1. The van der Waals surface area contributed by atoms with Crippen LogP contribution in [0.25, 0.3) is 0 Å². The molecule has 0 saturated carbocycles. The van der Waals surface area contributed by atoms with Crippen LogP contribution in [0.3, 0.4) is 0 Å². The van der Waals surface area contributed by atoms with Crippen LogP contribution in [0.2, 0.25) is 0 Å². The topological polar surface area (TPSA) is 181 Å². The van der Waals surface area contributed by atoms with Crippen molar-refractivity contribution >= 4 is 46.9 Å². The van der Waals surface area contributed by atoms with Gasteiger partial charge in [0, 0.05) is 82.2 Å². The van der Waals surface area contributed by atoms with Crippen molar-refractivity contribution < 1.29 is 33.5 Å². The van der Waals surface area contributed by atoms with E-state index in [1.165, 1.54) is 7.11 Å². The molecule has 16 nitrogen and oxygen atoms in total. The Kier molecular flexibility index (Phi) is 10.7. The van der Waals surface area contributed by atoms with E-state index in [0.717, 1.165) is 85.1 Å². The summed E-state index contributed by atoms with van der Waals surface area (Å²) in [5.41, 5.74) is 5.50. The molecule has 5 aliphatic heterocycles. The van der Waals surface area contributed by atoms with E-state index in [2.05, 4.69) is 35.5 Å². The summed E-state index contributed by atoms with van der Waals surface area (Å²) in [5, 5.41) is 12.5. The molecular formula is C44H47N9O7. The zero-order chi connectivity index (χ0) is 41.5. The van der Waals surface area contributed by atoms with E-state index in [9.17, 15) is 28.8 Å². The molecule has 9 rings (SSSR count). The molecule has 0 bridgehead atoms. The number of aromatic amines is 1. The number of hydrogen-bond acceptors (Lipinski definition) is 11. The average Bonchev–Trinajstić information content (AvgIpc) is 3.94. The lowest BCUT2D eigenvalue weighted by atomic mass is 10.0. The number of ether oxygens (including phenoxy) is 1. The van der Waals surface area contributed by atoms with Crippen molar-refractivity contribution in [2.24, 2.45) is 0 Å². The molecule has 3 fully saturated rings. The number of carbonyl (C=O) groups excluding carboxylic acids is 6. The number of hydrogen-bond donors (Lipinski definition) is 3. The van der Waals surface area contributed by atoms with Crippen LogP contribution in [0.15, 0.2) is 72.8 Å². The highest BCUT2D eigenvalue weighted by Gasteiger charge is 2.45. The fourth-order valence-electron chi connectivity index (χ4n) is 9.23. The van der Waals surface area contributed by atoms with Gasteiger partial charge in [-0.15, -0.1) is 0 Å². The number of amides is 6. The van der Waals surface area contributed by atoms with Crippen LogP contribution in [0.1, 0.15) is 85.2 Å². The number of piperazine rings is 1. The normalized spacial score (nSPS) is 20.6. The van der Waals surface area contributed by atoms with Crippen LogP contribution >= 0.6 is 0 Å². The van der Waals surface area contributed by atoms with Crippen molar-refractivity contribution in [2.45, 2.75) is 63.5 Å². The predicted octanol–water partition coefficient (Wildman–Crippen LogP) is 3.08. The van der Waals surface area contributed by atoms with Crippen molar-refractivity contribution in [3.63, 3.8) is 0 Å². The molecule has 5 aliphatic rings. The number of aromatic nitrogens is 2. The van der Waals surface area contributed by atoms with Crippen molar-refractivity contribution in [3.8, 4) is 0 Å². The molecule has 0 aliphatic carbocycles. The molecule has 0 spiro atoms. The fourth-order valence-corrected chi connectivity index (χ4v) is 9.23. The number of rotatable bonds is 10. The van der Waals surface area contributed by atoms with Gasteiger partial charge in [-0.1, -0.05) is 36.4 Å². The number of nitrogens with one attached hydrogen (secondary N) is 3. The van der Waals surface area contributed by atoms with Gasteiger partial charge < -0.3 is 19.9 Å². The molecule has 3 aromatic carbocycles. The lowest BCUT2D eigenvalue weighted by molar-refractivity contribution is -0.143. The molecule has 3 saturated heterocycles. The summed E-state index contributed by atoms with van der Waals surface area (Å²) in [7, 11) is 1.52. The zero-order valence-electron chi connectivity index (χ0n) is 33.4. The smallest absolute Gasteiger partial charge is 0.262 e. The van der Waals surface area contributed by atoms with Gasteiger partial charge in [-0.25, -0.2) is 0 Å². The van der Waals surface area contributed by atoms with Gasteiger partial charge in [-0.2, -0.15) is 5.10 Å². The van der Waals surface area contributed by atoms with Crippen molar-refractivity contribution in [2.75, 3.05) is 56.6 Å². The number of carbonyl (C=O) groups is 6. The third-order valence-electron chi connectivity index (χ3n) is 12.5. The number of anilines is 2. The minimum Gasteiger partial charge on any atom is -0.371 e. The molecule has 6 amide bonds. The Morgan fingerprint density at radius 3 is 2.30 bits per heavy atom. The lowest BCUT2D eigenvalue weighted by Gasteiger charge is -2.43. The molecule has 3 N–H and O–H groups in total. The Labute approximate surface area is 346 Å². The van der Waals surface area contributed by atoms with Crippen molar-refractivity contribution in [1.82, 2.24) is 35.1 Å². The van der Waals surface area contributed by atoms with E-state index in [1.807, 2.05) is 60.7 Å². The lowest BCUT2D eigenvalue weighted by Crippen LogP contribution is -2.54. The minimum absolute atomic E-state index is 0.0890. The molecule has 2 atom stereocenters. The van der Waals surface area contributed by atoms with E-state index in [-0.39, 0.29) is 24.7 Å². The molecule has 60 heavy (non-hydrogen) atoms. The van der Waals surface area contributed by atoms with Gasteiger partial charge in [-0.3, -0.25) is 53.9 Å². The number of benzene rings is 3. The van der Waals surface area contributed by atoms with E-state index in [4.69, 9.17) is 4.74 Å². The maximum absolute atomic E-state index is 13.4. The largest absolute Gasteiger partial charge is 0.371 e. The van der Waals surface area contributed by atoms with Crippen LogP contribution in [0.5, 0.6) is 0 Å². The Balaban J connectivity index is 0.729. The zero-order valence-corrected chi connectivity index (χ0v) is 33.4. The second kappa shape index (κ2) is 16.4. The second-order valence-electron chi connectivity index (χ2n) is 16.1. The molecule has 1 aromatic heterocycles. The third-order valence-corrected chi connectivity index (χ3v) is 12.5. The van der Waals surface area contributed by atoms with Gasteiger partial charge in [0.1, 0.15) is 6.04 Å². The summed E-state index contributed by atoms with van der Waals surface area (Å²) in [5.74, 6) is -1.98. The molecule has 310 valence electrons. The number of methoxy groups -OCH3 is 1. The number of fused-ring (bicyclic) bond motifs is 2.